The Labute approximate surface area is 110 Å². The van der Waals surface area contributed by atoms with Gasteiger partial charge in [-0.25, -0.2) is 9.97 Å². The topological polar surface area (TPSA) is 49.8 Å². The minimum absolute atomic E-state index is 0.804. The summed E-state index contributed by atoms with van der Waals surface area (Å²) in [7, 11) is 1.89. The van der Waals surface area contributed by atoms with Gasteiger partial charge in [0.05, 0.1) is 0 Å². The molecule has 1 heterocycles. The first kappa shape index (κ1) is 13.1. The number of nitrogens with zero attached hydrogens (tertiary/aromatic N) is 2. The smallest absolute Gasteiger partial charge is 0.132 e. The predicted molar refractivity (Wildman–Crippen MR) is 76.0 cm³/mol. The first-order chi connectivity index (χ1) is 8.71. The normalized spacial score (nSPS) is 23.1. The molecule has 1 saturated carbocycles. The van der Waals surface area contributed by atoms with E-state index in [-0.39, 0.29) is 0 Å². The largest absolute Gasteiger partial charge is 0.373 e. The van der Waals surface area contributed by atoms with Crippen molar-refractivity contribution in [2.75, 3.05) is 24.2 Å². The molecule has 0 aromatic carbocycles. The minimum Gasteiger partial charge on any atom is -0.373 e. The summed E-state index contributed by atoms with van der Waals surface area (Å²) in [5, 5.41) is 6.55. The summed E-state index contributed by atoms with van der Waals surface area (Å²) in [4.78, 5) is 8.92. The monoisotopic (exact) mass is 248 g/mol. The fourth-order valence-corrected chi connectivity index (χ4v) is 2.63. The Balaban J connectivity index is 1.95. The van der Waals surface area contributed by atoms with Gasteiger partial charge in [0.2, 0.25) is 0 Å². The minimum atomic E-state index is 0.804. The van der Waals surface area contributed by atoms with Crippen LogP contribution in [0.2, 0.25) is 0 Å². The van der Waals surface area contributed by atoms with Crippen LogP contribution >= 0.6 is 0 Å². The van der Waals surface area contributed by atoms with E-state index in [1.807, 2.05) is 13.1 Å². The van der Waals surface area contributed by atoms with Crippen molar-refractivity contribution in [2.24, 2.45) is 11.8 Å². The summed E-state index contributed by atoms with van der Waals surface area (Å²) in [6, 6.07) is 1.98. The van der Waals surface area contributed by atoms with Crippen LogP contribution in [0.4, 0.5) is 11.6 Å². The van der Waals surface area contributed by atoms with Crippen LogP contribution in [-0.2, 0) is 6.42 Å². The molecule has 0 bridgehead atoms. The number of hydrogen-bond acceptors (Lipinski definition) is 4. The Morgan fingerprint density at radius 1 is 1.28 bits per heavy atom. The van der Waals surface area contributed by atoms with Crippen molar-refractivity contribution in [2.45, 2.75) is 39.5 Å². The molecule has 0 spiro atoms. The van der Waals surface area contributed by atoms with Crippen molar-refractivity contribution in [3.63, 3.8) is 0 Å². The van der Waals surface area contributed by atoms with Crippen molar-refractivity contribution >= 4 is 11.6 Å². The molecule has 1 aliphatic rings. The Hall–Kier alpha value is -1.32. The standard InChI is InChI=1S/C14H24N4/c1-4-12-17-13(15-3)8-14(18-12)16-9-11-6-5-10(2)7-11/h8,10-11H,4-7,9H2,1-3H3,(H2,15,16,17,18). The first-order valence-corrected chi connectivity index (χ1v) is 7.00. The summed E-state index contributed by atoms with van der Waals surface area (Å²) in [5.74, 6) is 4.43. The summed E-state index contributed by atoms with van der Waals surface area (Å²) in [6.07, 6.45) is 4.93. The highest BCUT2D eigenvalue weighted by Gasteiger charge is 2.20. The van der Waals surface area contributed by atoms with Gasteiger partial charge in [0.25, 0.3) is 0 Å². The maximum atomic E-state index is 4.52. The number of aromatic nitrogens is 2. The lowest BCUT2D eigenvalue weighted by Crippen LogP contribution is -2.13. The highest BCUT2D eigenvalue weighted by molar-refractivity contribution is 5.47. The molecule has 100 valence electrons. The van der Waals surface area contributed by atoms with Crippen molar-refractivity contribution in [1.82, 2.24) is 9.97 Å². The quantitative estimate of drug-likeness (QED) is 0.841. The van der Waals surface area contributed by atoms with Crippen molar-refractivity contribution < 1.29 is 0 Å². The van der Waals surface area contributed by atoms with Crippen LogP contribution in [0.25, 0.3) is 0 Å². The van der Waals surface area contributed by atoms with Gasteiger partial charge < -0.3 is 10.6 Å². The zero-order chi connectivity index (χ0) is 13.0. The SMILES string of the molecule is CCc1nc(NC)cc(NCC2CCC(C)C2)n1. The van der Waals surface area contributed by atoms with E-state index in [4.69, 9.17) is 0 Å². The summed E-state index contributed by atoms with van der Waals surface area (Å²) < 4.78 is 0. The molecule has 0 amide bonds. The van der Waals surface area contributed by atoms with Crippen LogP contribution in [0, 0.1) is 11.8 Å². The second kappa shape index (κ2) is 6.03. The maximum absolute atomic E-state index is 4.52. The fraction of sp³-hybridized carbons (Fsp3) is 0.714. The average molecular weight is 248 g/mol. The van der Waals surface area contributed by atoms with Crippen LogP contribution in [0.1, 0.15) is 38.9 Å². The molecule has 2 unspecified atom stereocenters. The summed E-state index contributed by atoms with van der Waals surface area (Å²) in [5.41, 5.74) is 0. The van der Waals surface area contributed by atoms with Crippen LogP contribution in [0.15, 0.2) is 6.07 Å². The zero-order valence-electron chi connectivity index (χ0n) is 11.7. The molecular weight excluding hydrogens is 224 g/mol. The summed E-state index contributed by atoms with van der Waals surface area (Å²) >= 11 is 0. The highest BCUT2D eigenvalue weighted by atomic mass is 15.1. The van der Waals surface area contributed by atoms with Crippen molar-refractivity contribution in [3.05, 3.63) is 11.9 Å². The van der Waals surface area contributed by atoms with E-state index in [1.165, 1.54) is 19.3 Å². The number of anilines is 2. The van der Waals surface area contributed by atoms with E-state index in [1.54, 1.807) is 0 Å². The third-order valence-corrected chi connectivity index (χ3v) is 3.72. The van der Waals surface area contributed by atoms with Crippen molar-refractivity contribution in [3.8, 4) is 0 Å². The lowest BCUT2D eigenvalue weighted by atomic mass is 10.1. The molecule has 1 aliphatic carbocycles. The van der Waals surface area contributed by atoms with Crippen LogP contribution in [0.5, 0.6) is 0 Å². The molecule has 0 aliphatic heterocycles. The van der Waals surface area contributed by atoms with Crippen molar-refractivity contribution in [1.29, 1.82) is 0 Å². The van der Waals surface area contributed by atoms with E-state index >= 15 is 0 Å². The Morgan fingerprint density at radius 2 is 2.06 bits per heavy atom. The Bertz CT molecular complexity index is 369. The second-order valence-corrected chi connectivity index (χ2v) is 5.32. The van der Waals surface area contributed by atoms with Gasteiger partial charge >= 0.3 is 0 Å². The number of rotatable bonds is 5. The molecule has 0 radical (unpaired) electrons. The number of nitrogens with one attached hydrogen (secondary N) is 2. The van der Waals surface area contributed by atoms with Gasteiger partial charge in [-0.3, -0.25) is 0 Å². The van der Waals surface area contributed by atoms with E-state index in [2.05, 4.69) is 34.4 Å². The maximum Gasteiger partial charge on any atom is 0.132 e. The molecule has 2 atom stereocenters. The number of hydrogen-bond donors (Lipinski definition) is 2. The molecule has 4 nitrogen and oxygen atoms in total. The first-order valence-electron chi connectivity index (χ1n) is 7.00. The molecular formula is C14H24N4. The van der Waals surface area contributed by atoms with Crippen LogP contribution < -0.4 is 10.6 Å². The number of aryl methyl sites for hydroxylation is 1. The highest BCUT2D eigenvalue weighted by Crippen LogP contribution is 2.30. The molecule has 1 aromatic heterocycles. The van der Waals surface area contributed by atoms with Gasteiger partial charge in [-0.15, -0.1) is 0 Å². The average Bonchev–Trinajstić information content (AvgIpc) is 2.81. The molecule has 1 fully saturated rings. The molecule has 2 rings (SSSR count). The fourth-order valence-electron chi connectivity index (χ4n) is 2.63. The second-order valence-electron chi connectivity index (χ2n) is 5.32. The van der Waals surface area contributed by atoms with Gasteiger partial charge in [-0.05, 0) is 24.7 Å². The van der Waals surface area contributed by atoms with E-state index < -0.39 is 0 Å². The molecule has 0 saturated heterocycles. The van der Waals surface area contributed by atoms with Crippen LogP contribution in [0.3, 0.4) is 0 Å². The van der Waals surface area contributed by atoms with E-state index in [0.29, 0.717) is 0 Å². The Morgan fingerprint density at radius 3 is 2.67 bits per heavy atom. The third-order valence-electron chi connectivity index (χ3n) is 3.72. The molecule has 18 heavy (non-hydrogen) atoms. The summed E-state index contributed by atoms with van der Waals surface area (Å²) in [6.45, 7) is 5.46. The molecule has 4 heteroatoms. The van der Waals surface area contributed by atoms with Crippen LogP contribution in [-0.4, -0.2) is 23.6 Å². The van der Waals surface area contributed by atoms with Gasteiger partial charge in [0.1, 0.15) is 17.5 Å². The van der Waals surface area contributed by atoms with E-state index in [9.17, 15) is 0 Å². The van der Waals surface area contributed by atoms with Gasteiger partial charge in [0.15, 0.2) is 0 Å². The molecule has 2 N–H and O–H groups in total. The predicted octanol–water partition coefficient (Wildman–Crippen LogP) is 2.93. The van der Waals surface area contributed by atoms with Gasteiger partial charge in [-0.1, -0.05) is 20.3 Å². The van der Waals surface area contributed by atoms with Gasteiger partial charge in [-0.2, -0.15) is 0 Å². The zero-order valence-corrected chi connectivity index (χ0v) is 11.7. The third kappa shape index (κ3) is 3.34. The van der Waals surface area contributed by atoms with Gasteiger partial charge in [0, 0.05) is 26.1 Å². The Kier molecular flexibility index (Phi) is 4.39. The lowest BCUT2D eigenvalue weighted by molar-refractivity contribution is 0.536. The molecule has 1 aromatic rings. The van der Waals surface area contributed by atoms with E-state index in [0.717, 1.165) is 42.3 Å². The lowest BCUT2D eigenvalue weighted by Gasteiger charge is -2.13.